The predicted octanol–water partition coefficient (Wildman–Crippen LogP) is 1.24. The van der Waals surface area contributed by atoms with E-state index in [1.54, 1.807) is 0 Å². The lowest BCUT2D eigenvalue weighted by atomic mass is 10.0. The lowest BCUT2D eigenvalue weighted by Crippen LogP contribution is -2.47. The van der Waals surface area contributed by atoms with Gasteiger partial charge in [-0.3, -0.25) is 0 Å². The molecule has 0 spiro atoms. The Kier molecular flexibility index (Phi) is 2.68. The quantitative estimate of drug-likeness (QED) is 0.739. The molecule has 0 unspecified atom stereocenters. The van der Waals surface area contributed by atoms with E-state index < -0.39 is 0 Å². The predicted molar refractivity (Wildman–Crippen MR) is 64.9 cm³/mol. The maximum atomic E-state index is 9.06. The molecule has 1 aromatic carbocycles. The van der Waals surface area contributed by atoms with Gasteiger partial charge in [-0.15, -0.1) is 0 Å². The Balaban J connectivity index is 2.38. The van der Waals surface area contributed by atoms with E-state index in [4.69, 9.17) is 15.6 Å². The van der Waals surface area contributed by atoms with Crippen LogP contribution in [-0.4, -0.2) is 30.4 Å². The fourth-order valence-electron chi connectivity index (χ4n) is 2.07. The topological polar surface area (TPSA) is 58.7 Å². The van der Waals surface area contributed by atoms with E-state index in [-0.39, 0.29) is 12.2 Å². The van der Waals surface area contributed by atoms with Crippen molar-refractivity contribution >= 4 is 11.4 Å². The number of rotatable bonds is 2. The average molecular weight is 222 g/mol. The number of benzene rings is 1. The van der Waals surface area contributed by atoms with Crippen LogP contribution < -0.4 is 15.4 Å². The molecule has 16 heavy (non-hydrogen) atoms. The molecule has 4 nitrogen and oxygen atoms in total. The minimum absolute atomic E-state index is 0.139. The summed E-state index contributed by atoms with van der Waals surface area (Å²) in [6.07, 6.45) is 0. The summed E-state index contributed by atoms with van der Waals surface area (Å²) in [7, 11) is 0. The molecular weight excluding hydrogens is 204 g/mol. The molecule has 0 saturated carbocycles. The number of hydrogen-bond acceptors (Lipinski definition) is 4. The smallest absolute Gasteiger partial charge is 0.145 e. The van der Waals surface area contributed by atoms with Crippen LogP contribution in [0, 0.1) is 0 Å². The molecule has 0 saturated heterocycles. The van der Waals surface area contributed by atoms with Crippen molar-refractivity contribution in [2.75, 3.05) is 30.3 Å². The highest BCUT2D eigenvalue weighted by molar-refractivity contribution is 5.65. The minimum Gasteiger partial charge on any atom is -0.484 e. The fraction of sp³-hybridized carbons (Fsp3) is 0.500. The van der Waals surface area contributed by atoms with Crippen molar-refractivity contribution in [2.45, 2.75) is 19.4 Å². The highest BCUT2D eigenvalue weighted by atomic mass is 16.5. The van der Waals surface area contributed by atoms with Crippen molar-refractivity contribution in [3.63, 3.8) is 0 Å². The van der Waals surface area contributed by atoms with Crippen LogP contribution in [0.4, 0.5) is 11.4 Å². The van der Waals surface area contributed by atoms with Crippen molar-refractivity contribution in [1.29, 1.82) is 0 Å². The highest BCUT2D eigenvalue weighted by Gasteiger charge is 2.31. The first-order chi connectivity index (χ1) is 7.52. The first-order valence-electron chi connectivity index (χ1n) is 5.46. The van der Waals surface area contributed by atoms with Gasteiger partial charge in [0.05, 0.1) is 18.8 Å². The molecule has 1 aliphatic rings. The Morgan fingerprint density at radius 3 is 2.94 bits per heavy atom. The zero-order chi connectivity index (χ0) is 11.8. The third-order valence-electron chi connectivity index (χ3n) is 2.65. The molecule has 4 heteroatoms. The second-order valence-corrected chi connectivity index (χ2v) is 4.73. The maximum Gasteiger partial charge on any atom is 0.145 e. The van der Waals surface area contributed by atoms with Gasteiger partial charge in [-0.25, -0.2) is 0 Å². The van der Waals surface area contributed by atoms with E-state index in [0.717, 1.165) is 18.0 Å². The van der Waals surface area contributed by atoms with Crippen molar-refractivity contribution < 1.29 is 9.84 Å². The molecule has 2 rings (SSSR count). The zero-order valence-electron chi connectivity index (χ0n) is 9.73. The summed E-state index contributed by atoms with van der Waals surface area (Å²) in [6, 6.07) is 5.63. The van der Waals surface area contributed by atoms with Gasteiger partial charge in [0.2, 0.25) is 0 Å². The van der Waals surface area contributed by atoms with Crippen molar-refractivity contribution in [3.8, 4) is 5.75 Å². The number of β-amino-alcohol motifs (C(OH)–C–C–N with tert-alkyl or cyclic N) is 1. The van der Waals surface area contributed by atoms with Crippen LogP contribution in [0.25, 0.3) is 0 Å². The van der Waals surface area contributed by atoms with Gasteiger partial charge in [-0.05, 0) is 26.0 Å². The summed E-state index contributed by atoms with van der Waals surface area (Å²) in [6.45, 7) is 5.58. The van der Waals surface area contributed by atoms with Crippen LogP contribution in [0.5, 0.6) is 5.75 Å². The number of aliphatic hydroxyl groups excluding tert-OH is 1. The molecule has 88 valence electrons. The lowest BCUT2D eigenvalue weighted by Gasteiger charge is -2.40. The molecule has 1 heterocycles. The summed E-state index contributed by atoms with van der Waals surface area (Å²) in [5, 5.41) is 9.06. The Bertz CT molecular complexity index is 391. The molecule has 1 aliphatic heterocycles. The third-order valence-corrected chi connectivity index (χ3v) is 2.65. The molecule has 0 radical (unpaired) electrons. The van der Waals surface area contributed by atoms with Gasteiger partial charge in [0.25, 0.3) is 0 Å². The van der Waals surface area contributed by atoms with E-state index in [1.165, 1.54) is 0 Å². The monoisotopic (exact) mass is 222 g/mol. The molecule has 1 aromatic rings. The molecule has 0 bridgehead atoms. The van der Waals surface area contributed by atoms with E-state index in [2.05, 4.69) is 4.90 Å². The van der Waals surface area contributed by atoms with E-state index in [0.29, 0.717) is 12.2 Å². The molecule has 0 aromatic heterocycles. The van der Waals surface area contributed by atoms with Gasteiger partial charge in [-0.2, -0.15) is 0 Å². The number of ether oxygens (including phenoxy) is 1. The molecular formula is C12H18N2O2. The van der Waals surface area contributed by atoms with Gasteiger partial charge < -0.3 is 20.5 Å². The standard InChI is InChI=1S/C12H18N2O2/c1-12(2)8-14(5-6-15)10-4-3-9(13)7-11(10)16-12/h3-4,7,15H,5-6,8,13H2,1-2H3. The summed E-state index contributed by atoms with van der Waals surface area (Å²) in [5.74, 6) is 0.796. The van der Waals surface area contributed by atoms with Gasteiger partial charge in [0.1, 0.15) is 11.4 Å². The molecule has 0 aliphatic carbocycles. The molecule has 0 amide bonds. The minimum atomic E-state index is -0.254. The van der Waals surface area contributed by atoms with Crippen molar-refractivity contribution in [1.82, 2.24) is 0 Å². The van der Waals surface area contributed by atoms with E-state index in [1.807, 2.05) is 32.0 Å². The van der Waals surface area contributed by atoms with Gasteiger partial charge in [0, 0.05) is 18.3 Å². The second kappa shape index (κ2) is 3.87. The van der Waals surface area contributed by atoms with Crippen LogP contribution >= 0.6 is 0 Å². The van der Waals surface area contributed by atoms with Crippen LogP contribution in [-0.2, 0) is 0 Å². The second-order valence-electron chi connectivity index (χ2n) is 4.73. The van der Waals surface area contributed by atoms with E-state index >= 15 is 0 Å². The zero-order valence-corrected chi connectivity index (χ0v) is 9.73. The van der Waals surface area contributed by atoms with Crippen LogP contribution in [0.2, 0.25) is 0 Å². The molecule has 0 atom stereocenters. The molecule has 0 fully saturated rings. The number of nitrogens with zero attached hydrogens (tertiary/aromatic N) is 1. The molecule has 3 N–H and O–H groups in total. The Hall–Kier alpha value is -1.42. The Labute approximate surface area is 95.6 Å². The van der Waals surface area contributed by atoms with Gasteiger partial charge in [-0.1, -0.05) is 0 Å². The summed E-state index contributed by atoms with van der Waals surface area (Å²) >= 11 is 0. The number of nitrogens with two attached hydrogens (primary N) is 1. The average Bonchev–Trinajstić information content (AvgIpc) is 2.15. The van der Waals surface area contributed by atoms with Crippen molar-refractivity contribution in [3.05, 3.63) is 18.2 Å². The normalized spacial score (nSPS) is 17.8. The number of nitrogen functional groups attached to an aromatic ring is 1. The highest BCUT2D eigenvalue weighted by Crippen LogP contribution is 2.37. The largest absolute Gasteiger partial charge is 0.484 e. The van der Waals surface area contributed by atoms with Crippen LogP contribution in [0.1, 0.15) is 13.8 Å². The first-order valence-corrected chi connectivity index (χ1v) is 5.46. The SMILES string of the molecule is CC1(C)CN(CCO)c2ccc(N)cc2O1. The summed E-state index contributed by atoms with van der Waals surface area (Å²) in [4.78, 5) is 2.12. The maximum absolute atomic E-state index is 9.06. The first kappa shape index (κ1) is 11.1. The number of fused-ring (bicyclic) bond motifs is 1. The summed E-state index contributed by atoms with van der Waals surface area (Å²) in [5.41, 5.74) is 7.19. The fourth-order valence-corrected chi connectivity index (χ4v) is 2.07. The van der Waals surface area contributed by atoms with Crippen LogP contribution in [0.3, 0.4) is 0 Å². The lowest BCUT2D eigenvalue weighted by molar-refractivity contribution is 0.103. The summed E-state index contributed by atoms with van der Waals surface area (Å²) < 4.78 is 5.87. The van der Waals surface area contributed by atoms with Crippen LogP contribution in [0.15, 0.2) is 18.2 Å². The number of anilines is 2. The number of aliphatic hydroxyl groups is 1. The van der Waals surface area contributed by atoms with E-state index in [9.17, 15) is 0 Å². The van der Waals surface area contributed by atoms with Gasteiger partial charge in [0.15, 0.2) is 0 Å². The Morgan fingerprint density at radius 1 is 1.50 bits per heavy atom. The van der Waals surface area contributed by atoms with Gasteiger partial charge >= 0.3 is 0 Å². The number of hydrogen-bond donors (Lipinski definition) is 2. The Morgan fingerprint density at radius 2 is 2.25 bits per heavy atom. The van der Waals surface area contributed by atoms with Crippen molar-refractivity contribution in [2.24, 2.45) is 0 Å². The third kappa shape index (κ3) is 2.07.